The summed E-state index contributed by atoms with van der Waals surface area (Å²) in [6.45, 7) is 4.10. The number of halogens is 3. The van der Waals surface area contributed by atoms with Gasteiger partial charge < -0.3 is 9.64 Å². The molecule has 1 aliphatic carbocycles. The third kappa shape index (κ3) is 5.60. The number of hydrogen-bond acceptors (Lipinski definition) is 3. The lowest BCUT2D eigenvalue weighted by atomic mass is 9.80. The molecule has 0 radical (unpaired) electrons. The van der Waals surface area contributed by atoms with Crippen LogP contribution in [0.2, 0.25) is 0 Å². The monoisotopic (exact) mass is 370 g/mol. The Bertz CT molecular complexity index is 585. The zero-order chi connectivity index (χ0) is 18.6. The van der Waals surface area contributed by atoms with Gasteiger partial charge in [-0.1, -0.05) is 45.1 Å². The first-order valence-corrected chi connectivity index (χ1v) is 9.81. The first-order valence-electron chi connectivity index (χ1n) is 9.81. The maximum Gasteiger partial charge on any atom is 0.422 e. The Balaban J connectivity index is 1.54. The number of ether oxygens (including phenoxy) is 1. The van der Waals surface area contributed by atoms with Gasteiger partial charge in [-0.15, -0.1) is 0 Å². The van der Waals surface area contributed by atoms with E-state index in [1.807, 2.05) is 6.07 Å². The molecule has 2 aliphatic rings. The van der Waals surface area contributed by atoms with Crippen LogP contribution in [0.5, 0.6) is 5.88 Å². The van der Waals surface area contributed by atoms with E-state index in [9.17, 15) is 13.2 Å². The summed E-state index contributed by atoms with van der Waals surface area (Å²) < 4.78 is 41.7. The summed E-state index contributed by atoms with van der Waals surface area (Å²) in [7, 11) is 0. The van der Waals surface area contributed by atoms with Crippen LogP contribution in [0.3, 0.4) is 0 Å². The predicted octanol–water partition coefficient (Wildman–Crippen LogP) is 4.64. The zero-order valence-electron chi connectivity index (χ0n) is 15.5. The number of rotatable bonds is 5. The summed E-state index contributed by atoms with van der Waals surface area (Å²) in [5.74, 6) is 1.62. The molecule has 0 N–H and O–H groups in total. The van der Waals surface area contributed by atoms with Gasteiger partial charge in [0.15, 0.2) is 6.61 Å². The smallest absolute Gasteiger partial charge is 0.422 e. The highest BCUT2D eigenvalue weighted by molar-refractivity contribution is 5.27. The standard InChI is InChI=1S/C20H29F3N2O/c1-15(16-5-3-2-4-6-16)13-25-11-9-17-7-8-19(24-18(17)10-12-25)26-14-20(21,22)23/h7-8,15-16H,2-6,9-14H2,1H3. The van der Waals surface area contributed by atoms with Crippen LogP contribution in [0.15, 0.2) is 12.1 Å². The molecule has 0 bridgehead atoms. The largest absolute Gasteiger partial charge is 0.468 e. The van der Waals surface area contributed by atoms with Gasteiger partial charge in [0.2, 0.25) is 5.88 Å². The molecule has 146 valence electrons. The average Bonchev–Trinajstić information content (AvgIpc) is 2.82. The molecule has 0 aromatic carbocycles. The van der Waals surface area contributed by atoms with E-state index in [4.69, 9.17) is 4.74 Å². The molecule has 6 heteroatoms. The predicted molar refractivity (Wildman–Crippen MR) is 95.4 cm³/mol. The Kier molecular flexibility index (Phi) is 6.43. The Labute approximate surface area is 153 Å². The number of aromatic nitrogens is 1. The van der Waals surface area contributed by atoms with E-state index in [2.05, 4.69) is 16.8 Å². The van der Waals surface area contributed by atoms with Crippen molar-refractivity contribution in [3.8, 4) is 5.88 Å². The molecule has 2 heterocycles. The topological polar surface area (TPSA) is 25.4 Å². The molecular formula is C20H29F3N2O. The Hall–Kier alpha value is -1.30. The van der Waals surface area contributed by atoms with Crippen molar-refractivity contribution in [3.63, 3.8) is 0 Å². The molecule has 0 saturated heterocycles. The minimum absolute atomic E-state index is 0.0742. The van der Waals surface area contributed by atoms with Gasteiger partial charge in [-0.2, -0.15) is 13.2 Å². The van der Waals surface area contributed by atoms with Crippen molar-refractivity contribution in [2.45, 2.75) is 58.0 Å². The number of fused-ring (bicyclic) bond motifs is 1. The minimum atomic E-state index is -4.33. The van der Waals surface area contributed by atoms with Gasteiger partial charge in [-0.25, -0.2) is 4.98 Å². The number of alkyl halides is 3. The van der Waals surface area contributed by atoms with Crippen LogP contribution in [0.4, 0.5) is 13.2 Å². The normalized spacial score (nSPS) is 21.1. The Morgan fingerprint density at radius 3 is 2.62 bits per heavy atom. The van der Waals surface area contributed by atoms with Crippen LogP contribution >= 0.6 is 0 Å². The molecule has 3 nitrogen and oxygen atoms in total. The zero-order valence-corrected chi connectivity index (χ0v) is 15.5. The maximum absolute atomic E-state index is 12.3. The van der Waals surface area contributed by atoms with Gasteiger partial charge in [0.05, 0.1) is 0 Å². The van der Waals surface area contributed by atoms with E-state index >= 15 is 0 Å². The maximum atomic E-state index is 12.3. The SMILES string of the molecule is CC(CN1CCc2ccc(OCC(F)(F)F)nc2CC1)C1CCCCC1. The number of nitrogens with zero attached hydrogens (tertiary/aromatic N) is 2. The molecule has 1 saturated carbocycles. The van der Waals surface area contributed by atoms with Crippen LogP contribution in [0.25, 0.3) is 0 Å². The lowest BCUT2D eigenvalue weighted by molar-refractivity contribution is -0.154. The lowest BCUT2D eigenvalue weighted by Gasteiger charge is -2.31. The van der Waals surface area contributed by atoms with E-state index in [1.54, 1.807) is 6.07 Å². The summed E-state index contributed by atoms with van der Waals surface area (Å²) in [6.07, 6.45) is 4.17. The summed E-state index contributed by atoms with van der Waals surface area (Å²) in [5, 5.41) is 0. The van der Waals surface area contributed by atoms with E-state index in [-0.39, 0.29) is 5.88 Å². The molecule has 3 rings (SSSR count). The van der Waals surface area contributed by atoms with Crippen molar-refractivity contribution in [1.29, 1.82) is 0 Å². The molecule has 1 fully saturated rings. The van der Waals surface area contributed by atoms with Gasteiger partial charge in [0.1, 0.15) is 0 Å². The summed E-state index contributed by atoms with van der Waals surface area (Å²) >= 11 is 0. The Morgan fingerprint density at radius 2 is 1.88 bits per heavy atom. The van der Waals surface area contributed by atoms with Gasteiger partial charge in [0.25, 0.3) is 0 Å². The highest BCUT2D eigenvalue weighted by Gasteiger charge is 2.29. The second-order valence-electron chi connectivity index (χ2n) is 7.84. The van der Waals surface area contributed by atoms with Gasteiger partial charge in [-0.3, -0.25) is 0 Å². The minimum Gasteiger partial charge on any atom is -0.468 e. The fourth-order valence-corrected chi connectivity index (χ4v) is 4.29. The van der Waals surface area contributed by atoms with Crippen molar-refractivity contribution < 1.29 is 17.9 Å². The molecule has 1 aromatic heterocycles. The van der Waals surface area contributed by atoms with E-state index in [0.717, 1.165) is 49.7 Å². The number of hydrogen-bond donors (Lipinski definition) is 0. The number of pyridine rings is 1. The van der Waals surface area contributed by atoms with E-state index < -0.39 is 12.8 Å². The average molecular weight is 370 g/mol. The molecule has 26 heavy (non-hydrogen) atoms. The van der Waals surface area contributed by atoms with E-state index in [1.165, 1.54) is 32.1 Å². The third-order valence-corrected chi connectivity index (χ3v) is 5.79. The highest BCUT2D eigenvalue weighted by Crippen LogP contribution is 2.30. The summed E-state index contributed by atoms with van der Waals surface area (Å²) in [5.41, 5.74) is 2.02. The molecule has 1 aromatic rings. The third-order valence-electron chi connectivity index (χ3n) is 5.79. The van der Waals surface area contributed by atoms with Crippen molar-refractivity contribution >= 4 is 0 Å². The van der Waals surface area contributed by atoms with Crippen molar-refractivity contribution in [2.24, 2.45) is 11.8 Å². The first-order chi connectivity index (χ1) is 12.4. The lowest BCUT2D eigenvalue weighted by Crippen LogP contribution is -2.34. The van der Waals surface area contributed by atoms with Gasteiger partial charge in [-0.05, 0) is 23.8 Å². The van der Waals surface area contributed by atoms with Crippen LogP contribution in [-0.4, -0.2) is 42.3 Å². The van der Waals surface area contributed by atoms with E-state index in [0.29, 0.717) is 5.92 Å². The van der Waals surface area contributed by atoms with Crippen molar-refractivity contribution in [3.05, 3.63) is 23.4 Å². The molecular weight excluding hydrogens is 341 g/mol. The molecule has 1 unspecified atom stereocenters. The summed E-state index contributed by atoms with van der Waals surface area (Å²) in [4.78, 5) is 6.83. The molecule has 1 aliphatic heterocycles. The first kappa shape index (κ1) is 19.5. The molecule has 1 atom stereocenters. The fraction of sp³-hybridized carbons (Fsp3) is 0.750. The van der Waals surface area contributed by atoms with Crippen LogP contribution in [0.1, 0.15) is 50.3 Å². The van der Waals surface area contributed by atoms with Crippen molar-refractivity contribution in [2.75, 3.05) is 26.2 Å². The second-order valence-corrected chi connectivity index (χ2v) is 7.84. The second kappa shape index (κ2) is 8.59. The quantitative estimate of drug-likeness (QED) is 0.755. The summed E-state index contributed by atoms with van der Waals surface area (Å²) in [6, 6.07) is 3.44. The van der Waals surface area contributed by atoms with Crippen LogP contribution in [0, 0.1) is 11.8 Å². The van der Waals surface area contributed by atoms with Crippen LogP contribution < -0.4 is 4.74 Å². The Morgan fingerprint density at radius 1 is 1.15 bits per heavy atom. The molecule has 0 amide bonds. The van der Waals surface area contributed by atoms with Crippen molar-refractivity contribution in [1.82, 2.24) is 9.88 Å². The van der Waals surface area contributed by atoms with Gasteiger partial charge >= 0.3 is 6.18 Å². The molecule has 0 spiro atoms. The van der Waals surface area contributed by atoms with Gasteiger partial charge in [0, 0.05) is 37.8 Å². The van der Waals surface area contributed by atoms with Crippen LogP contribution in [-0.2, 0) is 12.8 Å². The highest BCUT2D eigenvalue weighted by atomic mass is 19.4. The fourth-order valence-electron chi connectivity index (χ4n) is 4.29.